The number of rotatable bonds is 5. The van der Waals surface area contributed by atoms with E-state index in [0.29, 0.717) is 0 Å². The van der Waals surface area contributed by atoms with Crippen molar-refractivity contribution in [2.45, 2.75) is 32.7 Å². The van der Waals surface area contributed by atoms with Crippen molar-refractivity contribution >= 4 is 0 Å². The fourth-order valence-electron chi connectivity index (χ4n) is 2.57. The monoisotopic (exact) mass is 257 g/mol. The zero-order valence-corrected chi connectivity index (χ0v) is 12.3. The molecule has 19 heavy (non-hydrogen) atoms. The summed E-state index contributed by atoms with van der Waals surface area (Å²) in [5, 5.41) is 7.82. The molecule has 0 bridgehead atoms. The van der Waals surface area contributed by atoms with E-state index in [0.717, 1.165) is 12.1 Å². The first-order chi connectivity index (χ1) is 9.15. The van der Waals surface area contributed by atoms with Gasteiger partial charge in [-0.3, -0.25) is 4.68 Å². The van der Waals surface area contributed by atoms with E-state index in [-0.39, 0.29) is 6.04 Å². The summed E-state index contributed by atoms with van der Waals surface area (Å²) in [6.45, 7) is 4.27. The van der Waals surface area contributed by atoms with Gasteiger partial charge >= 0.3 is 0 Å². The summed E-state index contributed by atoms with van der Waals surface area (Å²) < 4.78 is 1.88. The minimum Gasteiger partial charge on any atom is -0.309 e. The smallest absolute Gasteiger partial charge is 0.0644 e. The van der Waals surface area contributed by atoms with Gasteiger partial charge < -0.3 is 5.32 Å². The van der Waals surface area contributed by atoms with Crippen molar-refractivity contribution in [3.05, 3.63) is 52.8 Å². The van der Waals surface area contributed by atoms with Crippen LogP contribution in [0.1, 0.15) is 41.8 Å². The lowest BCUT2D eigenvalue weighted by Crippen LogP contribution is -2.18. The molecule has 0 fully saturated rings. The summed E-state index contributed by atoms with van der Waals surface area (Å²) in [4.78, 5) is 0. The van der Waals surface area contributed by atoms with Gasteiger partial charge in [0.1, 0.15) is 0 Å². The maximum absolute atomic E-state index is 4.43. The second-order valence-electron chi connectivity index (χ2n) is 5.06. The van der Waals surface area contributed by atoms with Crippen LogP contribution in [0.3, 0.4) is 0 Å². The van der Waals surface area contributed by atoms with Crippen molar-refractivity contribution in [1.29, 1.82) is 0 Å². The summed E-state index contributed by atoms with van der Waals surface area (Å²) in [7, 11) is 3.96. The van der Waals surface area contributed by atoms with Crippen LogP contribution in [0.25, 0.3) is 0 Å². The molecule has 0 spiro atoms. The zero-order chi connectivity index (χ0) is 13.8. The van der Waals surface area contributed by atoms with Crippen molar-refractivity contribution in [3.8, 4) is 0 Å². The average Bonchev–Trinajstić information content (AvgIpc) is 2.72. The molecule has 0 saturated heterocycles. The Kier molecular flexibility index (Phi) is 4.38. The molecule has 0 aliphatic rings. The van der Waals surface area contributed by atoms with E-state index < -0.39 is 0 Å². The summed E-state index contributed by atoms with van der Waals surface area (Å²) in [6.07, 6.45) is 4.43. The minimum absolute atomic E-state index is 0.212. The minimum atomic E-state index is 0.212. The number of aryl methyl sites for hydroxylation is 3. The van der Waals surface area contributed by atoms with Crippen LogP contribution in [0.5, 0.6) is 0 Å². The fourth-order valence-corrected chi connectivity index (χ4v) is 2.57. The molecule has 2 rings (SSSR count). The van der Waals surface area contributed by atoms with E-state index in [1.54, 1.807) is 0 Å². The van der Waals surface area contributed by atoms with Gasteiger partial charge in [0.15, 0.2) is 0 Å². The topological polar surface area (TPSA) is 29.9 Å². The molecular weight excluding hydrogens is 234 g/mol. The van der Waals surface area contributed by atoms with Gasteiger partial charge in [-0.25, -0.2) is 0 Å². The molecule has 1 atom stereocenters. The molecule has 0 aliphatic carbocycles. The van der Waals surface area contributed by atoms with Gasteiger partial charge in [-0.1, -0.05) is 37.6 Å². The molecule has 2 aromatic rings. The second kappa shape index (κ2) is 6.02. The van der Waals surface area contributed by atoms with Crippen LogP contribution in [0.4, 0.5) is 0 Å². The Morgan fingerprint density at radius 3 is 2.42 bits per heavy atom. The number of hydrogen-bond donors (Lipinski definition) is 1. The highest BCUT2D eigenvalue weighted by Gasteiger charge is 2.16. The lowest BCUT2D eigenvalue weighted by Gasteiger charge is -2.16. The SMILES string of the molecule is CCCc1ccc(C(NC)c2cn(C)nc2C)cc1. The molecule has 0 saturated carbocycles. The summed E-state index contributed by atoms with van der Waals surface area (Å²) in [5.74, 6) is 0. The summed E-state index contributed by atoms with van der Waals surface area (Å²) in [6, 6.07) is 9.12. The van der Waals surface area contributed by atoms with E-state index >= 15 is 0 Å². The third-order valence-electron chi connectivity index (χ3n) is 3.50. The van der Waals surface area contributed by atoms with Crippen molar-refractivity contribution in [1.82, 2.24) is 15.1 Å². The third kappa shape index (κ3) is 3.04. The number of hydrogen-bond acceptors (Lipinski definition) is 2. The summed E-state index contributed by atoms with van der Waals surface area (Å²) >= 11 is 0. The van der Waals surface area contributed by atoms with E-state index in [9.17, 15) is 0 Å². The molecule has 0 amide bonds. The van der Waals surface area contributed by atoms with E-state index in [1.165, 1.54) is 23.1 Å². The quantitative estimate of drug-likeness (QED) is 0.892. The van der Waals surface area contributed by atoms with Crippen LogP contribution in [0.2, 0.25) is 0 Å². The average molecular weight is 257 g/mol. The molecule has 3 heteroatoms. The fraction of sp³-hybridized carbons (Fsp3) is 0.438. The Balaban J connectivity index is 2.29. The third-order valence-corrected chi connectivity index (χ3v) is 3.50. The van der Waals surface area contributed by atoms with Gasteiger partial charge in [0.2, 0.25) is 0 Å². The van der Waals surface area contributed by atoms with Crippen LogP contribution >= 0.6 is 0 Å². The Bertz CT molecular complexity index is 525. The number of nitrogens with one attached hydrogen (secondary N) is 1. The standard InChI is InChI=1S/C16H23N3/c1-5-6-13-7-9-14(10-8-13)16(17-3)15-11-19(4)18-12(15)2/h7-11,16-17H,5-6H2,1-4H3. The van der Waals surface area contributed by atoms with Gasteiger partial charge in [0.25, 0.3) is 0 Å². The van der Waals surface area contributed by atoms with Gasteiger partial charge in [-0.05, 0) is 31.5 Å². The highest BCUT2D eigenvalue weighted by atomic mass is 15.3. The Labute approximate surface area is 115 Å². The molecule has 0 aliphatic heterocycles. The van der Waals surface area contributed by atoms with Crippen molar-refractivity contribution in [2.24, 2.45) is 7.05 Å². The normalized spacial score (nSPS) is 12.6. The molecule has 3 nitrogen and oxygen atoms in total. The first-order valence-corrected chi connectivity index (χ1v) is 6.92. The molecule has 1 aromatic heterocycles. The van der Waals surface area contributed by atoms with Crippen LogP contribution in [-0.2, 0) is 13.5 Å². The van der Waals surface area contributed by atoms with Gasteiger partial charge in [0.05, 0.1) is 11.7 Å². The zero-order valence-electron chi connectivity index (χ0n) is 12.3. The van der Waals surface area contributed by atoms with Crippen LogP contribution in [0.15, 0.2) is 30.5 Å². The predicted octanol–water partition coefficient (Wildman–Crippen LogP) is 2.99. The number of aromatic nitrogens is 2. The lowest BCUT2D eigenvalue weighted by molar-refractivity contribution is 0.686. The van der Waals surface area contributed by atoms with Gasteiger partial charge in [-0.15, -0.1) is 0 Å². The lowest BCUT2D eigenvalue weighted by atomic mass is 9.97. The van der Waals surface area contributed by atoms with Crippen LogP contribution in [-0.4, -0.2) is 16.8 Å². The first kappa shape index (κ1) is 13.8. The molecule has 1 N–H and O–H groups in total. The molecule has 0 radical (unpaired) electrons. The summed E-state index contributed by atoms with van der Waals surface area (Å²) in [5.41, 5.74) is 5.02. The van der Waals surface area contributed by atoms with E-state index in [2.05, 4.69) is 54.7 Å². The highest BCUT2D eigenvalue weighted by molar-refractivity contribution is 5.34. The van der Waals surface area contributed by atoms with Crippen LogP contribution < -0.4 is 5.32 Å². The molecular formula is C16H23N3. The molecule has 1 unspecified atom stereocenters. The maximum Gasteiger partial charge on any atom is 0.0644 e. The molecule has 102 valence electrons. The van der Waals surface area contributed by atoms with Crippen molar-refractivity contribution in [3.63, 3.8) is 0 Å². The van der Waals surface area contributed by atoms with Crippen molar-refractivity contribution < 1.29 is 0 Å². The van der Waals surface area contributed by atoms with E-state index in [4.69, 9.17) is 0 Å². The molecule has 1 aromatic carbocycles. The Hall–Kier alpha value is -1.61. The number of benzene rings is 1. The van der Waals surface area contributed by atoms with Gasteiger partial charge in [0, 0.05) is 18.8 Å². The maximum atomic E-state index is 4.43. The van der Waals surface area contributed by atoms with Crippen LogP contribution in [0, 0.1) is 6.92 Å². The highest BCUT2D eigenvalue weighted by Crippen LogP contribution is 2.24. The van der Waals surface area contributed by atoms with Crippen molar-refractivity contribution in [2.75, 3.05) is 7.05 Å². The first-order valence-electron chi connectivity index (χ1n) is 6.92. The second-order valence-corrected chi connectivity index (χ2v) is 5.06. The Morgan fingerprint density at radius 1 is 1.26 bits per heavy atom. The van der Waals surface area contributed by atoms with Gasteiger partial charge in [-0.2, -0.15) is 5.10 Å². The molecule has 1 heterocycles. The predicted molar refractivity (Wildman–Crippen MR) is 79.3 cm³/mol. The largest absolute Gasteiger partial charge is 0.309 e. The van der Waals surface area contributed by atoms with E-state index in [1.807, 2.05) is 18.8 Å². The number of nitrogens with zero attached hydrogens (tertiary/aromatic N) is 2. The Morgan fingerprint density at radius 2 is 1.95 bits per heavy atom.